The van der Waals surface area contributed by atoms with E-state index >= 15 is 0 Å². The number of aryl methyl sites for hydroxylation is 2. The molecule has 48 heavy (non-hydrogen) atoms. The fourth-order valence-corrected chi connectivity index (χ4v) is 8.54. The molecule has 2 bridgehead atoms. The van der Waals surface area contributed by atoms with Crippen LogP contribution in [-0.4, -0.2) is 62.9 Å². The molecule has 1 aromatic heterocycles. The van der Waals surface area contributed by atoms with E-state index in [1.165, 1.54) is 28.5 Å². The van der Waals surface area contributed by atoms with Crippen LogP contribution in [0.25, 0.3) is 0 Å². The molecule has 256 valence electrons. The number of anilines is 1. The molecule has 13 heteroatoms. The Labute approximate surface area is 287 Å². The maximum Gasteiger partial charge on any atom is 0.286 e. The summed E-state index contributed by atoms with van der Waals surface area (Å²) in [6, 6.07) is 11.4. The third-order valence-corrected chi connectivity index (χ3v) is 11.5. The maximum absolute atomic E-state index is 14.2. The highest BCUT2D eigenvalue weighted by molar-refractivity contribution is 7.92. The second kappa shape index (κ2) is 15.7. The van der Waals surface area contributed by atoms with Crippen LogP contribution in [0.4, 0.5) is 5.69 Å². The van der Waals surface area contributed by atoms with E-state index in [1.807, 2.05) is 18.2 Å². The van der Waals surface area contributed by atoms with Gasteiger partial charge in [-0.1, -0.05) is 29.8 Å². The van der Waals surface area contributed by atoms with E-state index in [-0.39, 0.29) is 30.4 Å². The predicted molar refractivity (Wildman–Crippen MR) is 185 cm³/mol. The summed E-state index contributed by atoms with van der Waals surface area (Å²) >= 11 is 6.44. The van der Waals surface area contributed by atoms with E-state index in [2.05, 4.69) is 42.3 Å². The van der Waals surface area contributed by atoms with Gasteiger partial charge in [-0.15, -0.1) is 4.36 Å². The minimum absolute atomic E-state index is 0.0138. The highest BCUT2D eigenvalue weighted by atomic mass is 35.5. The summed E-state index contributed by atoms with van der Waals surface area (Å²) in [5.74, 6) is 0.293. The van der Waals surface area contributed by atoms with Crippen molar-refractivity contribution in [1.82, 2.24) is 19.5 Å². The zero-order chi connectivity index (χ0) is 33.5. The third-order valence-electron chi connectivity index (χ3n) is 9.46. The summed E-state index contributed by atoms with van der Waals surface area (Å²) < 4.78 is 34.8. The van der Waals surface area contributed by atoms with E-state index in [0.29, 0.717) is 48.6 Å². The van der Waals surface area contributed by atoms with Gasteiger partial charge in [0.1, 0.15) is 28.3 Å². The standard InChI is InChI=1S/C35H43ClN6O5S/c1-46-32-8-3-2-6-18-48(45,39-34(43)15-16-42-24-37-23-38-42)40-35(44)26-11-14-33-31(20-26)41(22-28-10-13-30(28)32)21-27-9-12-29(36)19-25(27)7-4-5-17-47-33/h3,8-9,11-12,14,19-20,23-24,28,30,32H,2,4-7,10,13,15-18,21-22H2,1H3,(H,39,40,43,44,45)/b8-3+/t28-,30+,32-,48+/m0/s1. The lowest BCUT2D eigenvalue weighted by Gasteiger charge is -2.43. The summed E-state index contributed by atoms with van der Waals surface area (Å²) in [6.07, 6.45) is 12.9. The van der Waals surface area contributed by atoms with Crippen LogP contribution >= 0.6 is 11.6 Å². The van der Waals surface area contributed by atoms with Gasteiger partial charge in [-0.05, 0) is 98.2 Å². The van der Waals surface area contributed by atoms with Gasteiger partial charge in [0.15, 0.2) is 0 Å². The molecule has 1 fully saturated rings. The van der Waals surface area contributed by atoms with Gasteiger partial charge >= 0.3 is 0 Å². The Morgan fingerprint density at radius 2 is 2.04 bits per heavy atom. The quantitative estimate of drug-likeness (QED) is 0.334. The molecule has 2 aromatic carbocycles. The molecule has 0 spiro atoms. The number of nitrogens with one attached hydrogen (secondary N) is 1. The molecule has 4 atom stereocenters. The van der Waals surface area contributed by atoms with Crippen molar-refractivity contribution in [2.24, 2.45) is 16.2 Å². The molecule has 0 radical (unpaired) electrons. The van der Waals surface area contributed by atoms with Crippen molar-refractivity contribution < 1.29 is 23.3 Å². The summed E-state index contributed by atoms with van der Waals surface area (Å²) in [7, 11) is -1.68. The SMILES string of the molecule is CO[C@H]1/C=C/CCC[S@@](=O)(NC(=O)CCn2cncn2)=NC(=O)c2ccc3c(c2)N(Cc2ccc(Cl)cc2CCCCO3)C[C@@H]2CC[C@H]21. The maximum atomic E-state index is 14.2. The molecule has 3 aromatic rings. The van der Waals surface area contributed by atoms with E-state index in [0.717, 1.165) is 44.3 Å². The number of rotatable bonds is 5. The molecular weight excluding hydrogens is 652 g/mol. The van der Waals surface area contributed by atoms with E-state index in [9.17, 15) is 13.8 Å². The highest BCUT2D eigenvalue weighted by Gasteiger charge is 2.38. The molecule has 3 heterocycles. The molecule has 2 aliphatic heterocycles. The molecular formula is C35H43ClN6O5S. The van der Waals surface area contributed by atoms with Crippen molar-refractivity contribution in [1.29, 1.82) is 0 Å². The summed E-state index contributed by atoms with van der Waals surface area (Å²) in [6.45, 7) is 2.14. The minimum atomic E-state index is -3.43. The van der Waals surface area contributed by atoms with E-state index in [1.54, 1.807) is 19.2 Å². The van der Waals surface area contributed by atoms with Crippen molar-refractivity contribution in [3.8, 4) is 5.75 Å². The van der Waals surface area contributed by atoms with Crippen LogP contribution in [0.5, 0.6) is 5.75 Å². The molecule has 11 nitrogen and oxygen atoms in total. The van der Waals surface area contributed by atoms with Crippen LogP contribution in [0.1, 0.15) is 66.4 Å². The fourth-order valence-electron chi connectivity index (χ4n) is 6.71. The number of amides is 2. The first kappa shape index (κ1) is 34.1. The van der Waals surface area contributed by atoms with Crippen LogP contribution < -0.4 is 14.4 Å². The summed E-state index contributed by atoms with van der Waals surface area (Å²) in [5, 5.41) is 4.73. The van der Waals surface area contributed by atoms with Gasteiger partial charge in [0.05, 0.1) is 30.7 Å². The Hall–Kier alpha value is -3.74. The Bertz CT molecular complexity index is 1760. The molecule has 0 unspecified atom stereocenters. The monoisotopic (exact) mass is 694 g/mol. The smallest absolute Gasteiger partial charge is 0.286 e. The first-order valence-electron chi connectivity index (χ1n) is 16.7. The first-order valence-corrected chi connectivity index (χ1v) is 18.8. The van der Waals surface area contributed by atoms with Crippen molar-refractivity contribution >= 4 is 39.0 Å². The number of carbonyl (C=O) groups excluding carboxylic acids is 2. The average Bonchev–Trinajstić information content (AvgIpc) is 3.57. The average molecular weight is 695 g/mol. The number of fused-ring (bicyclic) bond motifs is 3. The number of benzene rings is 2. The van der Waals surface area contributed by atoms with Crippen molar-refractivity contribution in [2.75, 3.05) is 30.9 Å². The molecule has 6 rings (SSSR count). The number of allylic oxidation sites excluding steroid dienone is 1. The largest absolute Gasteiger partial charge is 0.491 e. The van der Waals surface area contributed by atoms with E-state index < -0.39 is 21.7 Å². The highest BCUT2D eigenvalue weighted by Crippen LogP contribution is 2.42. The molecule has 3 aliphatic rings. The summed E-state index contributed by atoms with van der Waals surface area (Å²) in [4.78, 5) is 32.9. The molecule has 1 saturated carbocycles. The minimum Gasteiger partial charge on any atom is -0.491 e. The Morgan fingerprint density at radius 3 is 2.83 bits per heavy atom. The summed E-state index contributed by atoms with van der Waals surface area (Å²) in [5.41, 5.74) is 3.45. The van der Waals surface area contributed by atoms with Gasteiger partial charge in [0.25, 0.3) is 5.91 Å². The number of halogens is 1. The lowest BCUT2D eigenvalue weighted by molar-refractivity contribution is -0.119. The first-order chi connectivity index (χ1) is 23.3. The zero-order valence-electron chi connectivity index (χ0n) is 27.3. The molecule has 2 amide bonds. The van der Waals surface area contributed by atoms with Gasteiger partial charge in [0.2, 0.25) is 5.91 Å². The molecule has 1 aliphatic carbocycles. The number of ether oxygens (including phenoxy) is 2. The van der Waals surface area contributed by atoms with Gasteiger partial charge in [0, 0.05) is 37.2 Å². The van der Waals surface area contributed by atoms with Gasteiger partial charge in [-0.3, -0.25) is 19.0 Å². The number of aromatic nitrogens is 3. The van der Waals surface area contributed by atoms with Crippen LogP contribution in [-0.2, 0) is 39.0 Å². The van der Waals surface area contributed by atoms with Gasteiger partial charge < -0.3 is 14.4 Å². The van der Waals surface area contributed by atoms with Gasteiger partial charge in [-0.25, -0.2) is 9.19 Å². The van der Waals surface area contributed by atoms with Crippen LogP contribution in [0.2, 0.25) is 5.02 Å². The van der Waals surface area contributed by atoms with Crippen LogP contribution in [0.3, 0.4) is 0 Å². The number of nitrogens with zero attached hydrogens (tertiary/aromatic N) is 5. The Kier molecular flexibility index (Phi) is 11.1. The van der Waals surface area contributed by atoms with Crippen LogP contribution in [0.15, 0.2) is 65.6 Å². The number of carbonyl (C=O) groups is 2. The lowest BCUT2D eigenvalue weighted by atomic mass is 9.70. The number of methoxy groups -OCH3 is 1. The van der Waals surface area contributed by atoms with Crippen molar-refractivity contribution in [3.05, 3.63) is 82.9 Å². The number of hydrogen-bond donors (Lipinski definition) is 1. The van der Waals surface area contributed by atoms with Gasteiger partial charge in [-0.2, -0.15) is 5.10 Å². The number of hydrogen-bond acceptors (Lipinski definition) is 8. The topological polar surface area (TPSA) is 128 Å². The normalized spacial score (nSPS) is 25.6. The zero-order valence-corrected chi connectivity index (χ0v) is 28.8. The predicted octanol–water partition coefficient (Wildman–Crippen LogP) is 5.77. The third kappa shape index (κ3) is 8.45. The molecule has 0 saturated heterocycles. The van der Waals surface area contributed by atoms with Crippen LogP contribution in [0, 0.1) is 11.8 Å². The molecule has 1 N–H and O–H groups in total. The van der Waals surface area contributed by atoms with Crippen molar-refractivity contribution in [3.63, 3.8) is 0 Å². The Morgan fingerprint density at radius 1 is 1.15 bits per heavy atom. The fraction of sp³-hybridized carbons (Fsp3) is 0.486. The Balaban J connectivity index is 1.39. The van der Waals surface area contributed by atoms with Crippen molar-refractivity contribution in [2.45, 2.75) is 70.6 Å². The second-order valence-corrected chi connectivity index (χ2v) is 15.2. The second-order valence-electron chi connectivity index (χ2n) is 12.7. The lowest BCUT2D eigenvalue weighted by Crippen LogP contribution is -2.43. The van der Waals surface area contributed by atoms with E-state index in [4.69, 9.17) is 21.1 Å².